The van der Waals surface area contributed by atoms with Crippen molar-refractivity contribution in [1.82, 2.24) is 10.2 Å². The molecule has 4 nitrogen and oxygen atoms in total. The van der Waals surface area contributed by atoms with Crippen LogP contribution in [0.2, 0.25) is 0 Å². The van der Waals surface area contributed by atoms with Crippen LogP contribution in [-0.2, 0) is 9.59 Å². The number of carbonyl (C=O) groups excluding carboxylic acids is 2. The van der Waals surface area contributed by atoms with Crippen molar-refractivity contribution >= 4 is 11.8 Å². The summed E-state index contributed by atoms with van der Waals surface area (Å²) in [6.07, 6.45) is 2.14. The first-order valence-electron chi connectivity index (χ1n) is 6.87. The van der Waals surface area contributed by atoms with Gasteiger partial charge in [-0.05, 0) is 30.1 Å². The number of nitrogens with zero attached hydrogens (tertiary/aromatic N) is 1. The number of amides is 2. The first-order chi connectivity index (χ1) is 8.29. The highest BCUT2D eigenvalue weighted by Gasteiger charge is 2.43. The zero-order chi connectivity index (χ0) is 13.5. The summed E-state index contributed by atoms with van der Waals surface area (Å²) >= 11 is 0. The van der Waals surface area contributed by atoms with Crippen LogP contribution < -0.4 is 5.32 Å². The van der Waals surface area contributed by atoms with Gasteiger partial charge in [0.15, 0.2) is 0 Å². The van der Waals surface area contributed by atoms with Crippen molar-refractivity contribution in [3.63, 3.8) is 0 Å². The third-order valence-corrected chi connectivity index (χ3v) is 4.29. The van der Waals surface area contributed by atoms with Crippen molar-refractivity contribution in [3.05, 3.63) is 0 Å². The van der Waals surface area contributed by atoms with E-state index >= 15 is 0 Å². The monoisotopic (exact) mass is 252 g/mol. The summed E-state index contributed by atoms with van der Waals surface area (Å²) in [5.41, 5.74) is 0.156. The van der Waals surface area contributed by atoms with Gasteiger partial charge in [0.05, 0.1) is 6.54 Å². The summed E-state index contributed by atoms with van der Waals surface area (Å²) in [5, 5.41) is 2.84. The quantitative estimate of drug-likeness (QED) is 0.825. The number of rotatable bonds is 3. The van der Waals surface area contributed by atoms with Gasteiger partial charge in [-0.15, -0.1) is 0 Å². The van der Waals surface area contributed by atoms with Gasteiger partial charge >= 0.3 is 0 Å². The van der Waals surface area contributed by atoms with E-state index in [4.69, 9.17) is 0 Å². The van der Waals surface area contributed by atoms with Gasteiger partial charge in [-0.3, -0.25) is 9.59 Å². The average molecular weight is 252 g/mol. The third kappa shape index (κ3) is 2.85. The molecule has 4 heteroatoms. The summed E-state index contributed by atoms with van der Waals surface area (Å²) in [4.78, 5) is 25.8. The Kier molecular flexibility index (Phi) is 3.39. The molecule has 0 spiro atoms. The van der Waals surface area contributed by atoms with E-state index in [1.807, 2.05) is 0 Å². The van der Waals surface area contributed by atoms with Gasteiger partial charge in [-0.1, -0.05) is 27.7 Å². The predicted molar refractivity (Wildman–Crippen MR) is 69.9 cm³/mol. The maximum Gasteiger partial charge on any atom is 0.245 e. The summed E-state index contributed by atoms with van der Waals surface area (Å²) in [7, 11) is 0. The maximum absolute atomic E-state index is 12.3. The Bertz CT molecular complexity index is 355. The van der Waals surface area contributed by atoms with E-state index in [0.717, 1.165) is 12.8 Å². The molecule has 1 N–H and O–H groups in total. The second-order valence-electron chi connectivity index (χ2n) is 6.87. The summed E-state index contributed by atoms with van der Waals surface area (Å²) < 4.78 is 0. The van der Waals surface area contributed by atoms with Crippen molar-refractivity contribution in [1.29, 1.82) is 0 Å². The number of hydrogen-bond donors (Lipinski definition) is 1. The van der Waals surface area contributed by atoms with Crippen molar-refractivity contribution in [2.75, 3.05) is 13.1 Å². The highest BCUT2D eigenvalue weighted by Crippen LogP contribution is 2.35. The van der Waals surface area contributed by atoms with Gasteiger partial charge in [0, 0.05) is 6.54 Å². The molecule has 1 heterocycles. The number of carbonyl (C=O) groups is 2. The Labute approximate surface area is 109 Å². The fourth-order valence-corrected chi connectivity index (χ4v) is 2.24. The Balaban J connectivity index is 2.02. The van der Waals surface area contributed by atoms with Crippen LogP contribution in [-0.4, -0.2) is 35.8 Å². The Morgan fingerprint density at radius 2 is 1.94 bits per heavy atom. The molecule has 0 aromatic rings. The smallest absolute Gasteiger partial charge is 0.245 e. The first-order valence-corrected chi connectivity index (χ1v) is 6.87. The van der Waals surface area contributed by atoms with Crippen LogP contribution in [0.1, 0.15) is 40.5 Å². The molecule has 1 aliphatic carbocycles. The van der Waals surface area contributed by atoms with Crippen LogP contribution in [0.5, 0.6) is 0 Å². The van der Waals surface area contributed by atoms with Gasteiger partial charge in [0.1, 0.15) is 6.04 Å². The maximum atomic E-state index is 12.3. The topological polar surface area (TPSA) is 49.4 Å². The molecule has 2 atom stereocenters. The van der Waals surface area contributed by atoms with Crippen molar-refractivity contribution in [3.8, 4) is 0 Å². The van der Waals surface area contributed by atoms with E-state index in [1.54, 1.807) is 4.90 Å². The molecule has 2 rings (SSSR count). The second-order valence-corrected chi connectivity index (χ2v) is 6.87. The standard InChI is InChI=1S/C14H24N2O2/c1-9(14(2,3)4)7-16-8-11(17)15-12(13(16)18)10-5-6-10/h9-10,12H,5-8H2,1-4H3,(H,15,17). The van der Waals surface area contributed by atoms with Crippen LogP contribution in [0.25, 0.3) is 0 Å². The molecule has 2 fully saturated rings. The van der Waals surface area contributed by atoms with Gasteiger partial charge < -0.3 is 10.2 Å². The van der Waals surface area contributed by atoms with Crippen LogP contribution in [0.15, 0.2) is 0 Å². The largest absolute Gasteiger partial charge is 0.342 e. The lowest BCUT2D eigenvalue weighted by molar-refractivity contribution is -0.145. The molecular formula is C14H24N2O2. The first kappa shape index (κ1) is 13.4. The van der Waals surface area contributed by atoms with Crippen LogP contribution >= 0.6 is 0 Å². The van der Waals surface area contributed by atoms with E-state index in [1.165, 1.54) is 0 Å². The molecule has 0 bridgehead atoms. The highest BCUT2D eigenvalue weighted by atomic mass is 16.2. The van der Waals surface area contributed by atoms with Gasteiger partial charge in [0.25, 0.3) is 0 Å². The summed E-state index contributed by atoms with van der Waals surface area (Å²) in [6.45, 7) is 9.56. The number of hydrogen-bond acceptors (Lipinski definition) is 2. The van der Waals surface area contributed by atoms with Crippen LogP contribution in [0.3, 0.4) is 0 Å². The molecule has 1 aliphatic heterocycles. The normalized spacial score (nSPS) is 27.1. The number of nitrogens with one attached hydrogen (secondary N) is 1. The molecule has 2 amide bonds. The van der Waals surface area contributed by atoms with Gasteiger partial charge in [0.2, 0.25) is 11.8 Å². The minimum absolute atomic E-state index is 0.00684. The minimum atomic E-state index is -0.251. The molecule has 1 saturated heterocycles. The lowest BCUT2D eigenvalue weighted by Crippen LogP contribution is -2.59. The molecule has 2 unspecified atom stereocenters. The molecule has 1 saturated carbocycles. The zero-order valence-electron chi connectivity index (χ0n) is 11.8. The highest BCUT2D eigenvalue weighted by molar-refractivity contribution is 5.95. The Hall–Kier alpha value is -1.06. The zero-order valence-corrected chi connectivity index (χ0v) is 11.8. The molecule has 0 radical (unpaired) electrons. The summed E-state index contributed by atoms with van der Waals surface area (Å²) in [5.74, 6) is 0.877. The molecule has 0 aromatic heterocycles. The van der Waals surface area contributed by atoms with E-state index < -0.39 is 0 Å². The molecule has 102 valence electrons. The van der Waals surface area contributed by atoms with E-state index in [9.17, 15) is 9.59 Å². The van der Waals surface area contributed by atoms with E-state index in [0.29, 0.717) is 18.4 Å². The molecule has 0 aromatic carbocycles. The Morgan fingerprint density at radius 3 is 2.44 bits per heavy atom. The molecule has 2 aliphatic rings. The second kappa shape index (κ2) is 4.56. The Morgan fingerprint density at radius 1 is 1.33 bits per heavy atom. The molecule has 18 heavy (non-hydrogen) atoms. The SMILES string of the molecule is CC(CN1CC(=O)NC(C2CC2)C1=O)C(C)(C)C. The lowest BCUT2D eigenvalue weighted by atomic mass is 9.81. The number of piperazine rings is 1. The van der Waals surface area contributed by atoms with Crippen LogP contribution in [0.4, 0.5) is 0 Å². The van der Waals surface area contributed by atoms with Crippen molar-refractivity contribution in [2.45, 2.75) is 46.6 Å². The van der Waals surface area contributed by atoms with Crippen LogP contribution in [0, 0.1) is 17.3 Å². The average Bonchev–Trinajstić information content (AvgIpc) is 3.05. The van der Waals surface area contributed by atoms with E-state index in [2.05, 4.69) is 33.0 Å². The van der Waals surface area contributed by atoms with Crippen molar-refractivity contribution in [2.24, 2.45) is 17.3 Å². The third-order valence-electron chi connectivity index (χ3n) is 4.29. The van der Waals surface area contributed by atoms with Crippen molar-refractivity contribution < 1.29 is 9.59 Å². The fourth-order valence-electron chi connectivity index (χ4n) is 2.24. The van der Waals surface area contributed by atoms with E-state index in [-0.39, 0.29) is 29.8 Å². The lowest BCUT2D eigenvalue weighted by Gasteiger charge is -2.37. The van der Waals surface area contributed by atoms with Gasteiger partial charge in [-0.25, -0.2) is 0 Å². The minimum Gasteiger partial charge on any atom is -0.342 e. The predicted octanol–water partition coefficient (Wildman–Crippen LogP) is 1.41. The van der Waals surface area contributed by atoms with Gasteiger partial charge in [-0.2, -0.15) is 0 Å². The summed E-state index contributed by atoms with van der Waals surface area (Å²) in [6, 6.07) is -0.251. The fraction of sp³-hybridized carbons (Fsp3) is 0.857. The molecular weight excluding hydrogens is 228 g/mol.